The van der Waals surface area contributed by atoms with Gasteiger partial charge in [-0.3, -0.25) is 4.79 Å². The van der Waals surface area contributed by atoms with Crippen LogP contribution in [0, 0.1) is 11.6 Å². The van der Waals surface area contributed by atoms with Gasteiger partial charge in [0.25, 0.3) is 0 Å². The summed E-state index contributed by atoms with van der Waals surface area (Å²) in [6.07, 6.45) is 3.01. The minimum atomic E-state index is -0.955. The Morgan fingerprint density at radius 1 is 1.19 bits per heavy atom. The molecule has 106 valence electrons. The van der Waals surface area contributed by atoms with Crippen molar-refractivity contribution in [3.8, 4) is 0 Å². The second-order valence-corrected chi connectivity index (χ2v) is 5.35. The van der Waals surface area contributed by atoms with Gasteiger partial charge in [0.2, 0.25) is 0 Å². The van der Waals surface area contributed by atoms with Gasteiger partial charge in [-0.1, -0.05) is 0 Å². The van der Waals surface area contributed by atoms with Crippen molar-refractivity contribution < 1.29 is 13.6 Å². The molecular formula is C14H8BrF2N3O. The molecule has 0 radical (unpaired) electrons. The van der Waals surface area contributed by atoms with Gasteiger partial charge in [0.05, 0.1) is 11.3 Å². The molecular weight excluding hydrogens is 344 g/mol. The first kappa shape index (κ1) is 13.7. The highest BCUT2D eigenvalue weighted by Gasteiger charge is 2.20. The standard InChI is InChI=1S/C14H8BrF2N3O/c15-6-1-7-9(5-20-14(7)19-4-6)13(21)8-2-12(18)11(17)3-10(8)16/h1-5H,18H2,(H,19,20). The zero-order chi connectivity index (χ0) is 15.1. The van der Waals surface area contributed by atoms with E-state index in [0.29, 0.717) is 21.6 Å². The maximum absolute atomic E-state index is 13.8. The Morgan fingerprint density at radius 3 is 2.71 bits per heavy atom. The number of aromatic nitrogens is 2. The Bertz CT molecular complexity index is 876. The predicted molar refractivity (Wildman–Crippen MR) is 78.0 cm³/mol. The van der Waals surface area contributed by atoms with Gasteiger partial charge < -0.3 is 10.7 Å². The maximum atomic E-state index is 13.8. The first-order valence-electron chi connectivity index (χ1n) is 5.89. The van der Waals surface area contributed by atoms with Crippen LogP contribution in [0.25, 0.3) is 11.0 Å². The summed E-state index contributed by atoms with van der Waals surface area (Å²) in [6.45, 7) is 0. The van der Waals surface area contributed by atoms with Gasteiger partial charge in [-0.2, -0.15) is 0 Å². The fraction of sp³-hybridized carbons (Fsp3) is 0. The fourth-order valence-electron chi connectivity index (χ4n) is 2.05. The molecule has 3 aromatic rings. The first-order valence-corrected chi connectivity index (χ1v) is 6.68. The third-order valence-electron chi connectivity index (χ3n) is 3.07. The number of anilines is 1. The molecule has 21 heavy (non-hydrogen) atoms. The van der Waals surface area contributed by atoms with Crippen LogP contribution in [0.4, 0.5) is 14.5 Å². The lowest BCUT2D eigenvalue weighted by molar-refractivity contribution is 0.103. The number of halogens is 3. The number of hydrogen-bond donors (Lipinski definition) is 2. The van der Waals surface area contributed by atoms with E-state index in [-0.39, 0.29) is 16.8 Å². The quantitative estimate of drug-likeness (QED) is 0.548. The van der Waals surface area contributed by atoms with Crippen molar-refractivity contribution in [1.29, 1.82) is 0 Å². The summed E-state index contributed by atoms with van der Waals surface area (Å²) in [7, 11) is 0. The van der Waals surface area contributed by atoms with Crippen LogP contribution >= 0.6 is 15.9 Å². The Kier molecular flexibility index (Phi) is 3.21. The molecule has 0 fully saturated rings. The summed E-state index contributed by atoms with van der Waals surface area (Å²) in [4.78, 5) is 19.4. The summed E-state index contributed by atoms with van der Waals surface area (Å²) in [5, 5.41) is 0.539. The van der Waals surface area contributed by atoms with Crippen molar-refractivity contribution in [1.82, 2.24) is 9.97 Å². The van der Waals surface area contributed by atoms with Crippen LogP contribution in [-0.4, -0.2) is 15.8 Å². The number of rotatable bonds is 2. The van der Waals surface area contributed by atoms with E-state index in [4.69, 9.17) is 5.73 Å². The fourth-order valence-corrected chi connectivity index (χ4v) is 2.38. The van der Waals surface area contributed by atoms with Crippen molar-refractivity contribution in [3.05, 3.63) is 57.8 Å². The van der Waals surface area contributed by atoms with E-state index in [2.05, 4.69) is 25.9 Å². The van der Waals surface area contributed by atoms with Crippen LogP contribution < -0.4 is 5.73 Å². The van der Waals surface area contributed by atoms with Crippen LogP contribution in [0.1, 0.15) is 15.9 Å². The molecule has 4 nitrogen and oxygen atoms in total. The molecule has 0 aliphatic rings. The topological polar surface area (TPSA) is 71.8 Å². The lowest BCUT2D eigenvalue weighted by Gasteiger charge is -2.04. The number of H-pyrrole nitrogens is 1. The molecule has 0 unspecified atom stereocenters. The highest BCUT2D eigenvalue weighted by atomic mass is 79.9. The van der Waals surface area contributed by atoms with Crippen LogP contribution in [0.5, 0.6) is 0 Å². The molecule has 0 bridgehead atoms. The molecule has 3 rings (SSSR count). The zero-order valence-corrected chi connectivity index (χ0v) is 12.0. The molecule has 0 saturated heterocycles. The Balaban J connectivity index is 2.17. The first-order chi connectivity index (χ1) is 9.97. The number of carbonyl (C=O) groups excluding carboxylic acids is 1. The molecule has 3 N–H and O–H groups in total. The molecule has 1 aromatic carbocycles. The van der Waals surface area contributed by atoms with Crippen LogP contribution in [-0.2, 0) is 0 Å². The smallest absolute Gasteiger partial charge is 0.198 e. The number of nitrogens with one attached hydrogen (secondary N) is 1. The zero-order valence-electron chi connectivity index (χ0n) is 10.5. The molecule has 0 amide bonds. The second kappa shape index (κ2) is 4.92. The summed E-state index contributed by atoms with van der Waals surface area (Å²) in [6, 6.07) is 3.29. The van der Waals surface area contributed by atoms with Gasteiger partial charge >= 0.3 is 0 Å². The lowest BCUT2D eigenvalue weighted by Crippen LogP contribution is -2.06. The second-order valence-electron chi connectivity index (χ2n) is 4.43. The molecule has 7 heteroatoms. The number of nitrogens with zero attached hydrogens (tertiary/aromatic N) is 1. The molecule has 2 aromatic heterocycles. The number of benzene rings is 1. The van der Waals surface area contributed by atoms with Gasteiger partial charge in [0, 0.05) is 33.9 Å². The highest BCUT2D eigenvalue weighted by Crippen LogP contribution is 2.25. The average Bonchev–Trinajstić information content (AvgIpc) is 2.85. The van der Waals surface area contributed by atoms with E-state index in [1.165, 1.54) is 6.20 Å². The number of pyridine rings is 1. The predicted octanol–water partition coefficient (Wildman–Crippen LogP) is 3.42. The summed E-state index contributed by atoms with van der Waals surface area (Å²) in [5.41, 5.74) is 5.57. The number of fused-ring (bicyclic) bond motifs is 1. The van der Waals surface area contributed by atoms with Gasteiger partial charge in [0.15, 0.2) is 5.78 Å². The van der Waals surface area contributed by atoms with Crippen LogP contribution in [0.3, 0.4) is 0 Å². The monoisotopic (exact) mass is 351 g/mol. The number of nitrogens with two attached hydrogens (primary N) is 1. The molecule has 0 spiro atoms. The van der Waals surface area contributed by atoms with Gasteiger partial charge in [-0.25, -0.2) is 13.8 Å². The summed E-state index contributed by atoms with van der Waals surface area (Å²) in [5.74, 6) is -2.44. The van der Waals surface area contributed by atoms with Crippen molar-refractivity contribution in [3.63, 3.8) is 0 Å². The van der Waals surface area contributed by atoms with Crippen LogP contribution in [0.2, 0.25) is 0 Å². The Labute approximate surface area is 126 Å². The SMILES string of the molecule is Nc1cc(C(=O)c2c[nH]c3ncc(Br)cc23)c(F)cc1F. The van der Waals surface area contributed by atoms with Crippen molar-refractivity contribution in [2.75, 3.05) is 5.73 Å². The largest absolute Gasteiger partial charge is 0.396 e. The lowest BCUT2D eigenvalue weighted by atomic mass is 10.0. The third kappa shape index (κ3) is 2.29. The van der Waals surface area contributed by atoms with E-state index >= 15 is 0 Å². The minimum Gasteiger partial charge on any atom is -0.396 e. The Morgan fingerprint density at radius 2 is 1.95 bits per heavy atom. The van der Waals surface area contributed by atoms with Crippen LogP contribution in [0.15, 0.2) is 35.1 Å². The number of hydrogen-bond acceptors (Lipinski definition) is 3. The number of carbonyl (C=O) groups is 1. The van der Waals surface area contributed by atoms with E-state index in [1.807, 2.05) is 0 Å². The van der Waals surface area contributed by atoms with E-state index in [9.17, 15) is 13.6 Å². The van der Waals surface area contributed by atoms with E-state index < -0.39 is 17.4 Å². The molecule has 0 saturated carbocycles. The van der Waals surface area contributed by atoms with Gasteiger partial charge in [-0.15, -0.1) is 0 Å². The van der Waals surface area contributed by atoms with E-state index in [1.54, 1.807) is 12.3 Å². The minimum absolute atomic E-state index is 0.240. The summed E-state index contributed by atoms with van der Waals surface area (Å²) >= 11 is 3.26. The highest BCUT2D eigenvalue weighted by molar-refractivity contribution is 9.10. The average molecular weight is 352 g/mol. The number of ketones is 1. The number of aromatic amines is 1. The normalized spacial score (nSPS) is 11.0. The van der Waals surface area contributed by atoms with Crippen molar-refractivity contribution in [2.24, 2.45) is 0 Å². The summed E-state index contributed by atoms with van der Waals surface area (Å²) < 4.78 is 27.7. The number of nitrogen functional groups attached to an aromatic ring is 1. The molecule has 2 heterocycles. The van der Waals surface area contributed by atoms with Crippen molar-refractivity contribution in [2.45, 2.75) is 0 Å². The van der Waals surface area contributed by atoms with Gasteiger partial charge in [-0.05, 0) is 28.1 Å². The van der Waals surface area contributed by atoms with Crippen molar-refractivity contribution >= 4 is 38.4 Å². The molecule has 0 aliphatic carbocycles. The van der Waals surface area contributed by atoms with Gasteiger partial charge in [0.1, 0.15) is 17.3 Å². The molecule has 0 atom stereocenters. The third-order valence-corrected chi connectivity index (χ3v) is 3.51. The molecule has 0 aliphatic heterocycles. The Hall–Kier alpha value is -2.28. The van der Waals surface area contributed by atoms with E-state index in [0.717, 1.165) is 6.07 Å². The maximum Gasteiger partial charge on any atom is 0.198 e.